The lowest BCUT2D eigenvalue weighted by Gasteiger charge is -2.08. The minimum absolute atomic E-state index is 0.704. The zero-order valence-electron chi connectivity index (χ0n) is 26.5. The van der Waals surface area contributed by atoms with E-state index in [1.165, 1.54) is 18.4 Å². The molecule has 1 nitrogen and oxygen atoms in total. The van der Waals surface area contributed by atoms with E-state index in [9.17, 15) is 0 Å². The van der Waals surface area contributed by atoms with Crippen molar-refractivity contribution in [3.05, 3.63) is 48.6 Å². The molecule has 0 spiro atoms. The summed E-state index contributed by atoms with van der Waals surface area (Å²) in [4.78, 5) is 0. The number of allylic oxidation sites excluding steroid dienone is 5. The van der Waals surface area contributed by atoms with E-state index >= 15 is 0 Å². The van der Waals surface area contributed by atoms with E-state index in [-0.39, 0.29) is 0 Å². The highest BCUT2D eigenvalue weighted by Crippen LogP contribution is 1.98. The van der Waals surface area contributed by atoms with Crippen molar-refractivity contribution in [1.29, 1.82) is 0 Å². The van der Waals surface area contributed by atoms with Gasteiger partial charge in [-0.25, -0.2) is 0 Å². The lowest BCUT2D eigenvalue weighted by molar-refractivity contribution is 0.533. The van der Waals surface area contributed by atoms with Gasteiger partial charge in [0.1, 0.15) is 0 Å². The molecule has 0 aliphatic heterocycles. The van der Waals surface area contributed by atoms with Gasteiger partial charge in [0.25, 0.3) is 0 Å². The van der Waals surface area contributed by atoms with Crippen LogP contribution in [0.15, 0.2) is 48.6 Å². The van der Waals surface area contributed by atoms with Crippen LogP contribution in [0.1, 0.15) is 136 Å². The minimum atomic E-state index is 0.704. The van der Waals surface area contributed by atoms with Crippen molar-refractivity contribution in [3.8, 4) is 12.3 Å². The number of unbranched alkanes of at least 4 members (excludes halogenated alkanes) is 1. The van der Waals surface area contributed by atoms with Crippen LogP contribution in [0.5, 0.6) is 0 Å². The van der Waals surface area contributed by atoms with Crippen LogP contribution < -0.4 is 5.32 Å². The Morgan fingerprint density at radius 2 is 1.15 bits per heavy atom. The Kier molecular flexibility index (Phi) is 112. The van der Waals surface area contributed by atoms with Crippen LogP contribution in [0, 0.1) is 12.3 Å². The zero-order chi connectivity index (χ0) is 28.7. The molecule has 202 valence electrons. The SMILES string of the molecule is C#CCCC.C=C(C)C(=C)C.C=CC.CC.CC.CC.CC=C(C)C.CCCNC(C)CC. The highest BCUT2D eigenvalue weighted by atomic mass is 14.9. The van der Waals surface area contributed by atoms with Crippen molar-refractivity contribution in [2.75, 3.05) is 6.54 Å². The lowest BCUT2D eigenvalue weighted by atomic mass is 10.2. The third-order valence-corrected chi connectivity index (χ3v) is 3.06. The summed E-state index contributed by atoms with van der Waals surface area (Å²) in [5.74, 6) is 2.52. The van der Waals surface area contributed by atoms with Crippen LogP contribution in [-0.2, 0) is 0 Å². The normalized spacial score (nSPS) is 7.73. The Labute approximate surface area is 215 Å². The van der Waals surface area contributed by atoms with Crippen molar-refractivity contribution in [2.45, 2.75) is 143 Å². The number of hydrogen-bond acceptors (Lipinski definition) is 1. The maximum absolute atomic E-state index is 4.89. The average molecular weight is 468 g/mol. The predicted molar refractivity (Wildman–Crippen MR) is 166 cm³/mol. The quantitative estimate of drug-likeness (QED) is 0.232. The van der Waals surface area contributed by atoms with Gasteiger partial charge in [-0.2, -0.15) is 0 Å². The van der Waals surface area contributed by atoms with Crippen LogP contribution >= 0.6 is 0 Å². The number of terminal acetylenes is 1. The molecular weight excluding hydrogens is 398 g/mol. The van der Waals surface area contributed by atoms with E-state index in [1.54, 1.807) is 6.08 Å². The first kappa shape index (κ1) is 53.0. The van der Waals surface area contributed by atoms with Crippen LogP contribution in [0.4, 0.5) is 0 Å². The van der Waals surface area contributed by atoms with E-state index in [0.29, 0.717) is 6.04 Å². The van der Waals surface area contributed by atoms with Crippen molar-refractivity contribution < 1.29 is 0 Å². The summed E-state index contributed by atoms with van der Waals surface area (Å²) in [5, 5.41) is 3.38. The molecule has 0 amide bonds. The summed E-state index contributed by atoms with van der Waals surface area (Å²) in [6, 6.07) is 0.704. The maximum atomic E-state index is 4.89. The Bertz CT molecular complexity index is 364. The molecule has 0 rings (SSSR count). The van der Waals surface area contributed by atoms with Crippen LogP contribution in [0.3, 0.4) is 0 Å². The van der Waals surface area contributed by atoms with Gasteiger partial charge in [-0.1, -0.05) is 104 Å². The molecule has 1 heteroatoms. The third-order valence-electron chi connectivity index (χ3n) is 3.06. The van der Waals surface area contributed by atoms with Gasteiger partial charge in [0.2, 0.25) is 0 Å². The highest BCUT2D eigenvalue weighted by Gasteiger charge is 1.92. The molecule has 0 saturated carbocycles. The number of rotatable bonds is 6. The molecule has 0 heterocycles. The van der Waals surface area contributed by atoms with Crippen molar-refractivity contribution in [3.63, 3.8) is 0 Å². The Morgan fingerprint density at radius 3 is 1.24 bits per heavy atom. The standard InChI is InChI=1S/C7H17N.C6H10.C5H10.C5H8.C3H6.3C2H6/c1-4-6-8-7(3)5-2;1-5(2)6(3)4;1-4-5(2)3;1-3-5-4-2;1-3-2;3*1-2/h7-8H,4-6H2,1-3H3;1,3H2,2,4H3;4H,1-3H3;1H,4-5H2,2H3;3H,1H2,2H3;3*1-2H3. The second-order valence-electron chi connectivity index (χ2n) is 6.55. The monoisotopic (exact) mass is 468 g/mol. The van der Waals surface area contributed by atoms with Gasteiger partial charge < -0.3 is 5.32 Å². The molecule has 1 N–H and O–H groups in total. The molecule has 0 aliphatic rings. The smallest absolute Gasteiger partial charge is 0.00834 e. The van der Waals surface area contributed by atoms with Gasteiger partial charge >= 0.3 is 0 Å². The Morgan fingerprint density at radius 1 is 0.848 bits per heavy atom. The first-order valence-corrected chi connectivity index (χ1v) is 13.2. The van der Waals surface area contributed by atoms with Crippen molar-refractivity contribution in [2.24, 2.45) is 0 Å². The Hall–Kier alpha value is -1.52. The second kappa shape index (κ2) is 69.8. The fourth-order valence-corrected chi connectivity index (χ4v) is 0.679. The van der Waals surface area contributed by atoms with E-state index in [1.807, 2.05) is 69.2 Å². The van der Waals surface area contributed by atoms with Gasteiger partial charge in [0.15, 0.2) is 0 Å². The number of hydrogen-bond donors (Lipinski definition) is 1. The molecule has 33 heavy (non-hydrogen) atoms. The first-order chi connectivity index (χ1) is 15.5. The fourth-order valence-electron chi connectivity index (χ4n) is 0.679. The average Bonchev–Trinajstić information content (AvgIpc) is 2.83. The van der Waals surface area contributed by atoms with E-state index < -0.39 is 0 Å². The molecule has 0 aromatic rings. The third kappa shape index (κ3) is 159. The molecule has 0 radical (unpaired) electrons. The predicted octanol–water partition coefficient (Wildman–Crippen LogP) is 11.6. The van der Waals surface area contributed by atoms with Gasteiger partial charge in [-0.15, -0.1) is 18.9 Å². The molecule has 0 fully saturated rings. The topological polar surface area (TPSA) is 12.0 Å². The molecule has 0 aliphatic carbocycles. The molecule has 1 atom stereocenters. The van der Waals surface area contributed by atoms with Crippen molar-refractivity contribution in [1.82, 2.24) is 5.32 Å². The number of nitrogens with one attached hydrogen (secondary N) is 1. The first-order valence-electron chi connectivity index (χ1n) is 13.2. The van der Waals surface area contributed by atoms with E-state index in [0.717, 1.165) is 30.5 Å². The van der Waals surface area contributed by atoms with Gasteiger partial charge in [-0.05, 0) is 74.3 Å². The largest absolute Gasteiger partial charge is 0.314 e. The molecule has 0 bridgehead atoms. The van der Waals surface area contributed by atoms with E-state index in [4.69, 9.17) is 6.42 Å². The van der Waals surface area contributed by atoms with Crippen LogP contribution in [0.25, 0.3) is 0 Å². The fraction of sp³-hybridized carbons (Fsp3) is 0.688. The van der Waals surface area contributed by atoms with Gasteiger partial charge in [0, 0.05) is 12.5 Å². The van der Waals surface area contributed by atoms with Crippen LogP contribution in [-0.4, -0.2) is 12.6 Å². The molecular formula is C32H69N. The minimum Gasteiger partial charge on any atom is -0.314 e. The maximum Gasteiger partial charge on any atom is 0.00834 e. The van der Waals surface area contributed by atoms with Gasteiger partial charge in [0.05, 0.1) is 0 Å². The van der Waals surface area contributed by atoms with Crippen molar-refractivity contribution >= 4 is 0 Å². The molecule has 1 unspecified atom stereocenters. The summed E-state index contributed by atoms with van der Waals surface area (Å²) in [5.41, 5.74) is 3.51. The highest BCUT2D eigenvalue weighted by molar-refractivity contribution is 5.19. The van der Waals surface area contributed by atoms with Gasteiger partial charge in [-0.3, -0.25) is 0 Å². The van der Waals surface area contributed by atoms with Crippen LogP contribution in [0.2, 0.25) is 0 Å². The lowest BCUT2D eigenvalue weighted by Crippen LogP contribution is -2.25. The van der Waals surface area contributed by atoms with E-state index in [2.05, 4.69) is 78.6 Å². The summed E-state index contributed by atoms with van der Waals surface area (Å²) >= 11 is 0. The summed E-state index contributed by atoms with van der Waals surface area (Å²) in [7, 11) is 0. The Balaban J connectivity index is -0.0000000381. The second-order valence-corrected chi connectivity index (χ2v) is 6.55. The summed E-state index contributed by atoms with van der Waals surface area (Å²) < 4.78 is 0. The molecule has 0 aromatic heterocycles. The zero-order valence-corrected chi connectivity index (χ0v) is 26.5. The molecule has 0 aromatic carbocycles. The summed E-state index contributed by atoms with van der Waals surface area (Å²) in [6.07, 6.45) is 13.2. The molecule has 0 saturated heterocycles. The summed E-state index contributed by atoms with van der Waals surface area (Å²) in [6.45, 7) is 44.5.